The quantitative estimate of drug-likeness (QED) is 0.836. The normalized spacial score (nSPS) is 28.9. The van der Waals surface area contributed by atoms with Gasteiger partial charge < -0.3 is 0 Å². The van der Waals surface area contributed by atoms with Crippen molar-refractivity contribution >= 4 is 19.6 Å². The summed E-state index contributed by atoms with van der Waals surface area (Å²) in [5.74, 6) is 0.300. The molecule has 1 aromatic rings. The topological polar surface area (TPSA) is 32.6 Å². The number of aryl methyl sites for hydroxylation is 1. The zero-order valence-electron chi connectivity index (χ0n) is 10.6. The van der Waals surface area contributed by atoms with Crippen LogP contribution in [0, 0.1) is 12.8 Å². The van der Waals surface area contributed by atoms with Gasteiger partial charge in [0.15, 0.2) is 0 Å². The summed E-state index contributed by atoms with van der Waals surface area (Å²) in [5, 5.41) is 9.99. The molecule has 1 N–H and O–H groups in total. The molecule has 1 aromatic carbocycles. The molecule has 2 nitrogen and oxygen atoms in total. The minimum absolute atomic E-state index is 0.300. The van der Waals surface area contributed by atoms with Gasteiger partial charge in [-0.3, -0.25) is 0 Å². The Kier molecular flexibility index (Phi) is 4.03. The Morgan fingerprint density at radius 3 is 2.53 bits per heavy atom. The van der Waals surface area contributed by atoms with E-state index >= 15 is 0 Å². The molecular weight excluding hydrogens is 277 g/mol. The molecule has 0 saturated heterocycles. The molecular formula is C14H19NOSe. The molecule has 0 radical (unpaired) electrons. The Morgan fingerprint density at radius 1 is 1.29 bits per heavy atom. The Morgan fingerprint density at radius 2 is 1.94 bits per heavy atom. The van der Waals surface area contributed by atoms with Crippen molar-refractivity contribution in [2.75, 3.05) is 0 Å². The van der Waals surface area contributed by atoms with Crippen molar-refractivity contribution in [3.63, 3.8) is 0 Å². The van der Waals surface area contributed by atoms with Crippen LogP contribution in [-0.2, 0) is 0 Å². The molecule has 92 valence electrons. The van der Waals surface area contributed by atoms with Gasteiger partial charge in [-0.2, -0.15) is 0 Å². The first-order chi connectivity index (χ1) is 8.11. The fourth-order valence-corrected chi connectivity index (χ4v) is 4.63. The van der Waals surface area contributed by atoms with Gasteiger partial charge in [-0.05, 0) is 0 Å². The van der Waals surface area contributed by atoms with Crippen molar-refractivity contribution in [3.8, 4) is 0 Å². The number of hydrogen-bond acceptors (Lipinski definition) is 2. The Bertz CT molecular complexity index is 413. The third-order valence-electron chi connectivity index (χ3n) is 3.27. The molecule has 3 atom stereocenters. The van der Waals surface area contributed by atoms with Crippen LogP contribution >= 0.6 is 0 Å². The maximum atomic E-state index is 9.99. The van der Waals surface area contributed by atoms with Crippen molar-refractivity contribution < 1.29 is 5.11 Å². The summed E-state index contributed by atoms with van der Waals surface area (Å²) in [6.07, 6.45) is 0.607. The second-order valence-corrected chi connectivity index (χ2v) is 7.21. The molecule has 0 aromatic heterocycles. The van der Waals surface area contributed by atoms with Gasteiger partial charge in [0.2, 0.25) is 0 Å². The van der Waals surface area contributed by atoms with E-state index in [2.05, 4.69) is 50.0 Å². The fourth-order valence-electron chi connectivity index (χ4n) is 2.00. The van der Waals surface area contributed by atoms with E-state index in [9.17, 15) is 5.11 Å². The first-order valence-corrected chi connectivity index (χ1v) is 7.96. The van der Waals surface area contributed by atoms with Gasteiger partial charge >= 0.3 is 109 Å². The summed E-state index contributed by atoms with van der Waals surface area (Å²) in [5.41, 5.74) is 2.44. The van der Waals surface area contributed by atoms with Crippen molar-refractivity contribution in [2.45, 2.75) is 38.2 Å². The third kappa shape index (κ3) is 2.79. The molecule has 1 aliphatic heterocycles. The third-order valence-corrected chi connectivity index (χ3v) is 6.69. The predicted octanol–water partition coefficient (Wildman–Crippen LogP) is 2.61. The fraction of sp³-hybridized carbons (Fsp3) is 0.500. The molecule has 3 heteroatoms. The van der Waals surface area contributed by atoms with Crippen LogP contribution in [0.25, 0.3) is 0 Å². The molecule has 17 heavy (non-hydrogen) atoms. The van der Waals surface area contributed by atoms with Gasteiger partial charge in [-0.1, -0.05) is 0 Å². The summed E-state index contributed by atoms with van der Waals surface area (Å²) in [6, 6.07) is 8.45. The van der Waals surface area contributed by atoms with Crippen LogP contribution in [0.3, 0.4) is 0 Å². The van der Waals surface area contributed by atoms with Crippen LogP contribution in [0.1, 0.15) is 31.4 Å². The molecule has 0 spiro atoms. The summed E-state index contributed by atoms with van der Waals surface area (Å²) >= 11 is 0.378. The number of rotatable bonds is 2. The van der Waals surface area contributed by atoms with E-state index < -0.39 is 6.23 Å². The Hall–Kier alpha value is -0.631. The second-order valence-electron chi connectivity index (χ2n) is 4.64. The Labute approximate surface area is 109 Å². The molecule has 0 fully saturated rings. The number of benzene rings is 1. The number of aliphatic hydroxyl groups is 1. The molecule has 1 aliphatic rings. The van der Waals surface area contributed by atoms with Crippen LogP contribution in [0.4, 0.5) is 0 Å². The van der Waals surface area contributed by atoms with Gasteiger partial charge in [0, 0.05) is 0 Å². The van der Waals surface area contributed by atoms with E-state index in [4.69, 9.17) is 0 Å². The van der Waals surface area contributed by atoms with Crippen LogP contribution in [0.15, 0.2) is 29.3 Å². The average molecular weight is 296 g/mol. The van der Waals surface area contributed by atoms with Crippen molar-refractivity contribution in [3.05, 3.63) is 35.4 Å². The summed E-state index contributed by atoms with van der Waals surface area (Å²) in [7, 11) is 0. The van der Waals surface area contributed by atoms with E-state index in [0.29, 0.717) is 25.7 Å². The molecule has 2 rings (SSSR count). The van der Waals surface area contributed by atoms with Gasteiger partial charge in [0.05, 0.1) is 0 Å². The van der Waals surface area contributed by atoms with Crippen molar-refractivity contribution in [1.82, 2.24) is 0 Å². The number of nitrogens with zero attached hydrogens (tertiary/aromatic N) is 1. The van der Waals surface area contributed by atoms with Gasteiger partial charge in [-0.15, -0.1) is 0 Å². The van der Waals surface area contributed by atoms with Gasteiger partial charge in [-0.25, -0.2) is 0 Å². The monoisotopic (exact) mass is 297 g/mol. The predicted molar refractivity (Wildman–Crippen MR) is 72.7 cm³/mol. The first kappa shape index (κ1) is 12.8. The van der Waals surface area contributed by atoms with Gasteiger partial charge in [0.1, 0.15) is 0 Å². The zero-order valence-corrected chi connectivity index (χ0v) is 12.3. The first-order valence-electron chi connectivity index (χ1n) is 6.11. The van der Waals surface area contributed by atoms with E-state index in [-0.39, 0.29) is 0 Å². The summed E-state index contributed by atoms with van der Waals surface area (Å²) in [6.45, 7) is 6.40. The molecule has 0 bridgehead atoms. The van der Waals surface area contributed by atoms with Crippen molar-refractivity contribution in [1.29, 1.82) is 0 Å². The minimum atomic E-state index is -0.521. The number of hydrogen-bond donors (Lipinski definition) is 1. The molecule has 1 heterocycles. The van der Waals surface area contributed by atoms with Crippen molar-refractivity contribution in [2.24, 2.45) is 10.9 Å². The van der Waals surface area contributed by atoms with Crippen LogP contribution < -0.4 is 0 Å². The van der Waals surface area contributed by atoms with Crippen LogP contribution in [0.2, 0.25) is 4.82 Å². The van der Waals surface area contributed by atoms with Crippen LogP contribution in [0.5, 0.6) is 0 Å². The average Bonchev–Trinajstić information content (AvgIpc) is 2.33. The van der Waals surface area contributed by atoms with Gasteiger partial charge in [0.25, 0.3) is 0 Å². The van der Waals surface area contributed by atoms with E-state index in [1.807, 2.05) is 0 Å². The second kappa shape index (κ2) is 5.34. The summed E-state index contributed by atoms with van der Waals surface area (Å²) in [4.78, 5) is 5.06. The number of aliphatic imine (C=N–C) groups is 1. The SMILES string of the molecule is CCC1[Se]C(c2ccc(C)cc2)=NC(O)C1C. The standard InChI is InChI=1S/C14H19NOSe/c1-4-12-10(3)13(16)15-14(17-12)11-7-5-9(2)6-8-11/h5-8,10,12-13,16H,4H2,1-3H3. The molecule has 0 saturated carbocycles. The van der Waals surface area contributed by atoms with E-state index in [1.165, 1.54) is 11.1 Å². The van der Waals surface area contributed by atoms with E-state index in [0.717, 1.165) is 11.0 Å². The molecule has 0 amide bonds. The maximum absolute atomic E-state index is 9.99. The van der Waals surface area contributed by atoms with Crippen LogP contribution in [-0.4, -0.2) is 30.9 Å². The zero-order chi connectivity index (χ0) is 12.4. The Balaban J connectivity index is 2.27. The van der Waals surface area contributed by atoms with E-state index in [1.54, 1.807) is 0 Å². The molecule has 0 aliphatic carbocycles. The number of aliphatic hydroxyl groups excluding tert-OH is 1. The molecule has 3 unspecified atom stereocenters. The summed E-state index contributed by atoms with van der Waals surface area (Å²) < 4.78 is 1.12.